The highest BCUT2D eigenvalue weighted by Gasteiger charge is 2.51. The Morgan fingerprint density at radius 1 is 0.907 bits per heavy atom. The zero-order chi connectivity index (χ0) is 30.9. The predicted molar refractivity (Wildman–Crippen MR) is 169 cm³/mol. The second-order valence-electron chi connectivity index (χ2n) is 11.2. The van der Waals surface area contributed by atoms with Gasteiger partial charge < -0.3 is 19.3 Å². The first-order chi connectivity index (χ1) is 20.5. The molecule has 1 fully saturated rings. The molecule has 8 nitrogen and oxygen atoms in total. The molecule has 1 saturated heterocycles. The van der Waals surface area contributed by atoms with Gasteiger partial charge in [0.05, 0.1) is 24.8 Å². The van der Waals surface area contributed by atoms with Crippen LogP contribution in [0.3, 0.4) is 0 Å². The number of rotatable bonds is 6. The van der Waals surface area contributed by atoms with Crippen LogP contribution >= 0.6 is 23.2 Å². The highest BCUT2D eigenvalue weighted by atomic mass is 35.5. The maximum absolute atomic E-state index is 14.7. The van der Waals surface area contributed by atoms with Gasteiger partial charge in [0.2, 0.25) is 5.91 Å². The smallest absolute Gasteiger partial charge is 0.326 e. The third-order valence-corrected chi connectivity index (χ3v) is 8.47. The molecule has 0 aliphatic carbocycles. The van der Waals surface area contributed by atoms with Crippen molar-refractivity contribution in [1.29, 1.82) is 0 Å². The quantitative estimate of drug-likeness (QED) is 0.303. The Kier molecular flexibility index (Phi) is 8.90. The Bertz CT molecular complexity index is 1520. The van der Waals surface area contributed by atoms with Gasteiger partial charge in [-0.2, -0.15) is 0 Å². The summed E-state index contributed by atoms with van der Waals surface area (Å²) in [4.78, 5) is 37.4. The lowest BCUT2D eigenvalue weighted by molar-refractivity contribution is -0.130. The fourth-order valence-corrected chi connectivity index (χ4v) is 6.01. The number of nitrogens with zero attached hydrogens (tertiary/aromatic N) is 4. The number of hydrogen-bond acceptors (Lipinski definition) is 5. The van der Waals surface area contributed by atoms with Crippen molar-refractivity contribution in [2.24, 2.45) is 4.99 Å². The minimum Gasteiger partial charge on any atom is -0.497 e. The Balaban J connectivity index is 1.71. The van der Waals surface area contributed by atoms with Gasteiger partial charge in [-0.25, -0.2) is 4.79 Å². The standard InChI is InChI=1S/C33H36Cl2N4O4/c1-21(2)43-29-20-27(42-5)14-15-28(29)31-36-33(4,24-8-12-26(35)13-9-24)30(23-6-10-25(34)11-7-23)39(31)32(41)38-18-16-37(17-19-38)22(3)40/h6-15,20-21,30H,16-19H2,1-5H3/t30-,33+/m1/s1. The van der Waals surface area contributed by atoms with Crippen LogP contribution in [0.25, 0.3) is 0 Å². The summed E-state index contributed by atoms with van der Waals surface area (Å²) in [7, 11) is 1.60. The zero-order valence-corrected chi connectivity index (χ0v) is 26.5. The number of amidine groups is 1. The molecule has 2 aliphatic rings. The number of ether oxygens (including phenoxy) is 2. The summed E-state index contributed by atoms with van der Waals surface area (Å²) in [5.41, 5.74) is 1.53. The van der Waals surface area contributed by atoms with E-state index in [1.165, 1.54) is 0 Å². The molecule has 43 heavy (non-hydrogen) atoms. The largest absolute Gasteiger partial charge is 0.497 e. The summed E-state index contributed by atoms with van der Waals surface area (Å²) >= 11 is 12.6. The van der Waals surface area contributed by atoms with Gasteiger partial charge in [0.15, 0.2) is 0 Å². The second kappa shape index (κ2) is 12.5. The van der Waals surface area contributed by atoms with Crippen molar-refractivity contribution in [3.63, 3.8) is 0 Å². The molecule has 3 aromatic rings. The topological polar surface area (TPSA) is 74.7 Å². The molecule has 5 rings (SSSR count). The third kappa shape index (κ3) is 6.17. The summed E-state index contributed by atoms with van der Waals surface area (Å²) in [5.74, 6) is 1.67. The third-order valence-electron chi connectivity index (χ3n) is 7.97. The lowest BCUT2D eigenvalue weighted by atomic mass is 9.81. The van der Waals surface area contributed by atoms with Gasteiger partial charge in [-0.3, -0.25) is 14.7 Å². The van der Waals surface area contributed by atoms with Crippen molar-refractivity contribution in [2.75, 3.05) is 33.3 Å². The molecule has 0 spiro atoms. The molecular weight excluding hydrogens is 587 g/mol. The summed E-state index contributed by atoms with van der Waals surface area (Å²) in [6.45, 7) is 9.23. The second-order valence-corrected chi connectivity index (χ2v) is 12.1. The van der Waals surface area contributed by atoms with Gasteiger partial charge in [-0.1, -0.05) is 47.5 Å². The number of aliphatic imine (C=N–C) groups is 1. The molecule has 0 bridgehead atoms. The molecule has 226 valence electrons. The van der Waals surface area contributed by atoms with Crippen molar-refractivity contribution in [3.05, 3.63) is 93.5 Å². The van der Waals surface area contributed by atoms with Gasteiger partial charge in [0.1, 0.15) is 22.9 Å². The highest BCUT2D eigenvalue weighted by Crippen LogP contribution is 2.50. The summed E-state index contributed by atoms with van der Waals surface area (Å²) < 4.78 is 11.8. The number of urea groups is 1. The first kappa shape index (κ1) is 30.7. The predicted octanol–water partition coefficient (Wildman–Crippen LogP) is 6.79. The fourth-order valence-electron chi connectivity index (χ4n) is 5.76. The highest BCUT2D eigenvalue weighted by molar-refractivity contribution is 6.30. The summed E-state index contributed by atoms with van der Waals surface area (Å²) in [6, 6.07) is 19.9. The van der Waals surface area contributed by atoms with E-state index in [0.717, 1.165) is 11.1 Å². The molecule has 0 radical (unpaired) electrons. The van der Waals surface area contributed by atoms with E-state index in [9.17, 15) is 9.59 Å². The molecule has 2 heterocycles. The SMILES string of the molecule is COc1ccc(C2=N[C@@](C)(c3ccc(Cl)cc3)[C@@H](c3ccc(Cl)cc3)N2C(=O)N2CCN(C(C)=O)CC2)c(OC(C)C)c1. The van der Waals surface area contributed by atoms with Crippen LogP contribution < -0.4 is 9.47 Å². The van der Waals surface area contributed by atoms with E-state index in [-0.39, 0.29) is 18.0 Å². The summed E-state index contributed by atoms with van der Waals surface area (Å²) in [5, 5.41) is 1.20. The van der Waals surface area contributed by atoms with E-state index >= 15 is 0 Å². The molecular formula is C33H36Cl2N4O4. The van der Waals surface area contributed by atoms with Crippen LogP contribution in [0.1, 0.15) is 50.4 Å². The minimum atomic E-state index is -0.903. The van der Waals surface area contributed by atoms with Gasteiger partial charge in [0.25, 0.3) is 0 Å². The first-order valence-electron chi connectivity index (χ1n) is 14.3. The lowest BCUT2D eigenvalue weighted by Gasteiger charge is -2.40. The average Bonchev–Trinajstić information content (AvgIpc) is 3.30. The number of carbonyl (C=O) groups excluding carboxylic acids is 2. The molecule has 2 atom stereocenters. The Morgan fingerprint density at radius 2 is 1.49 bits per heavy atom. The minimum absolute atomic E-state index is 0.00131. The fraction of sp³-hybridized carbons (Fsp3) is 0.364. The number of methoxy groups -OCH3 is 1. The Morgan fingerprint density at radius 3 is 2.05 bits per heavy atom. The van der Waals surface area contributed by atoms with Crippen molar-refractivity contribution in [2.45, 2.75) is 45.4 Å². The Labute approximate surface area is 262 Å². The molecule has 0 saturated carbocycles. The maximum Gasteiger partial charge on any atom is 0.326 e. The molecule has 3 amide bonds. The number of piperazine rings is 1. The van der Waals surface area contributed by atoms with Gasteiger partial charge in [-0.15, -0.1) is 0 Å². The Hall–Kier alpha value is -3.75. The number of benzene rings is 3. The van der Waals surface area contributed by atoms with Crippen LogP contribution in [0.15, 0.2) is 71.7 Å². The van der Waals surface area contributed by atoms with Crippen LogP contribution in [-0.4, -0.2) is 71.9 Å². The number of hydrogen-bond donors (Lipinski definition) is 0. The lowest BCUT2D eigenvalue weighted by Crippen LogP contribution is -2.55. The van der Waals surface area contributed by atoms with Crippen molar-refractivity contribution in [1.82, 2.24) is 14.7 Å². The first-order valence-corrected chi connectivity index (χ1v) is 15.1. The average molecular weight is 624 g/mol. The molecule has 10 heteroatoms. The molecule has 0 unspecified atom stereocenters. The van der Waals surface area contributed by atoms with Gasteiger partial charge in [0, 0.05) is 49.2 Å². The van der Waals surface area contributed by atoms with E-state index in [1.54, 1.807) is 28.7 Å². The van der Waals surface area contributed by atoms with Crippen molar-refractivity contribution in [3.8, 4) is 11.5 Å². The van der Waals surface area contributed by atoms with Crippen molar-refractivity contribution < 1.29 is 19.1 Å². The molecule has 2 aliphatic heterocycles. The summed E-state index contributed by atoms with van der Waals surface area (Å²) in [6.07, 6.45) is -0.133. The van der Waals surface area contributed by atoms with E-state index in [0.29, 0.717) is 59.1 Å². The van der Waals surface area contributed by atoms with Gasteiger partial charge >= 0.3 is 6.03 Å². The van der Waals surface area contributed by atoms with Gasteiger partial charge in [-0.05, 0) is 68.3 Å². The van der Waals surface area contributed by atoms with Crippen LogP contribution in [0.5, 0.6) is 11.5 Å². The van der Waals surface area contributed by atoms with Crippen LogP contribution in [0.4, 0.5) is 4.79 Å². The van der Waals surface area contributed by atoms with Crippen LogP contribution in [0.2, 0.25) is 10.0 Å². The van der Waals surface area contributed by atoms with Crippen molar-refractivity contribution >= 4 is 41.0 Å². The van der Waals surface area contributed by atoms with Crippen LogP contribution in [0, 0.1) is 0 Å². The van der Waals surface area contributed by atoms with E-state index < -0.39 is 11.6 Å². The molecule has 3 aromatic carbocycles. The monoisotopic (exact) mass is 622 g/mol. The van der Waals surface area contributed by atoms with Crippen LogP contribution in [-0.2, 0) is 10.3 Å². The van der Waals surface area contributed by atoms with E-state index in [4.69, 9.17) is 37.7 Å². The maximum atomic E-state index is 14.7. The molecule has 0 aromatic heterocycles. The normalized spacial score (nSPS) is 20.3. The number of halogens is 2. The number of carbonyl (C=O) groups is 2. The zero-order valence-electron chi connectivity index (χ0n) is 25.0. The van der Waals surface area contributed by atoms with E-state index in [1.807, 2.05) is 87.5 Å². The number of amides is 3. The van der Waals surface area contributed by atoms with E-state index in [2.05, 4.69) is 0 Å². The molecule has 0 N–H and O–H groups in total.